The third kappa shape index (κ3) is 4.23. The van der Waals surface area contributed by atoms with Gasteiger partial charge < -0.3 is 15.3 Å². The fourth-order valence-electron chi connectivity index (χ4n) is 1.91. The number of urea groups is 1. The van der Waals surface area contributed by atoms with Crippen molar-refractivity contribution in [3.05, 3.63) is 28.2 Å². The molecule has 1 aliphatic rings. The van der Waals surface area contributed by atoms with Crippen LogP contribution in [-0.4, -0.2) is 35.1 Å². The molecule has 0 radical (unpaired) electrons. The van der Waals surface area contributed by atoms with Crippen molar-refractivity contribution in [1.29, 1.82) is 0 Å². The normalized spacial score (nSPS) is 13.9. The minimum atomic E-state index is -0.997. The second kappa shape index (κ2) is 6.26. The lowest BCUT2D eigenvalue weighted by atomic mass is 10.2. The van der Waals surface area contributed by atoms with E-state index in [1.54, 1.807) is 6.07 Å². The number of hydrogen-bond acceptors (Lipinski definition) is 2. The Morgan fingerprint density at radius 1 is 1.45 bits per heavy atom. The molecule has 0 spiro atoms. The molecule has 2 amide bonds. The highest BCUT2D eigenvalue weighted by Crippen LogP contribution is 2.30. The van der Waals surface area contributed by atoms with Crippen molar-refractivity contribution in [1.82, 2.24) is 4.90 Å². The van der Waals surface area contributed by atoms with Crippen molar-refractivity contribution in [3.8, 4) is 0 Å². The molecule has 0 atom stereocenters. The topological polar surface area (TPSA) is 69.6 Å². The second-order valence-corrected chi connectivity index (χ2v) is 5.99. The Kier molecular flexibility index (Phi) is 4.65. The van der Waals surface area contributed by atoms with E-state index in [2.05, 4.69) is 21.2 Å². The predicted octanol–water partition coefficient (Wildman–Crippen LogP) is 3.09. The summed E-state index contributed by atoms with van der Waals surface area (Å²) in [6.07, 6.45) is 2.13. The molecule has 1 aromatic carbocycles. The van der Waals surface area contributed by atoms with Crippen molar-refractivity contribution < 1.29 is 14.7 Å². The van der Waals surface area contributed by atoms with Gasteiger partial charge in [0.05, 0.1) is 5.69 Å². The Hall–Kier alpha value is -1.56. The van der Waals surface area contributed by atoms with Gasteiger partial charge in [-0.15, -0.1) is 0 Å². The van der Waals surface area contributed by atoms with Gasteiger partial charge in [-0.3, -0.25) is 4.79 Å². The van der Waals surface area contributed by atoms with E-state index in [1.165, 1.54) is 4.90 Å². The fourth-order valence-corrected chi connectivity index (χ4v) is 2.50. The number of rotatable bonds is 5. The minimum Gasteiger partial charge on any atom is -0.480 e. The van der Waals surface area contributed by atoms with Crippen LogP contribution in [0, 0.1) is 12.8 Å². The molecule has 5 nitrogen and oxygen atoms in total. The third-order valence-corrected chi connectivity index (χ3v) is 3.81. The van der Waals surface area contributed by atoms with E-state index >= 15 is 0 Å². The van der Waals surface area contributed by atoms with Crippen molar-refractivity contribution in [2.24, 2.45) is 5.92 Å². The lowest BCUT2D eigenvalue weighted by Gasteiger charge is -2.21. The van der Waals surface area contributed by atoms with E-state index in [0.29, 0.717) is 18.2 Å². The molecule has 0 unspecified atom stereocenters. The fraction of sp³-hybridized carbons (Fsp3) is 0.429. The molecule has 0 saturated heterocycles. The van der Waals surface area contributed by atoms with Gasteiger partial charge >= 0.3 is 12.0 Å². The molecule has 1 fully saturated rings. The number of carbonyl (C=O) groups excluding carboxylic acids is 1. The molecule has 0 aromatic heterocycles. The van der Waals surface area contributed by atoms with Crippen LogP contribution in [0.1, 0.15) is 18.4 Å². The number of hydrogen-bond donors (Lipinski definition) is 2. The number of aryl methyl sites for hydroxylation is 1. The van der Waals surface area contributed by atoms with Gasteiger partial charge in [-0.1, -0.05) is 6.07 Å². The van der Waals surface area contributed by atoms with Crippen molar-refractivity contribution >= 4 is 33.6 Å². The Labute approximate surface area is 126 Å². The standard InChI is InChI=1S/C14H17BrN2O3/c1-9-2-5-12(11(15)6-9)16-14(20)17(8-13(18)19)7-10-3-4-10/h2,5-6,10H,3-4,7-8H2,1H3,(H,16,20)(H,18,19). The first-order valence-electron chi connectivity index (χ1n) is 6.49. The van der Waals surface area contributed by atoms with E-state index in [0.717, 1.165) is 22.9 Å². The number of benzene rings is 1. The summed E-state index contributed by atoms with van der Waals surface area (Å²) in [5.41, 5.74) is 1.72. The van der Waals surface area contributed by atoms with Gasteiger partial charge in [0.1, 0.15) is 6.54 Å². The number of amides is 2. The molecule has 1 saturated carbocycles. The van der Waals surface area contributed by atoms with Crippen LogP contribution >= 0.6 is 15.9 Å². The Morgan fingerprint density at radius 3 is 2.70 bits per heavy atom. The molecule has 0 aliphatic heterocycles. The zero-order valence-electron chi connectivity index (χ0n) is 11.2. The van der Waals surface area contributed by atoms with Gasteiger partial charge in [0, 0.05) is 11.0 Å². The summed E-state index contributed by atoms with van der Waals surface area (Å²) in [6.45, 7) is 2.19. The Morgan fingerprint density at radius 2 is 2.15 bits per heavy atom. The van der Waals surface area contributed by atoms with Crippen LogP contribution < -0.4 is 5.32 Å². The van der Waals surface area contributed by atoms with Crippen molar-refractivity contribution in [2.75, 3.05) is 18.4 Å². The molecule has 20 heavy (non-hydrogen) atoms. The molecule has 6 heteroatoms. The van der Waals surface area contributed by atoms with Crippen LogP contribution in [0.15, 0.2) is 22.7 Å². The maximum Gasteiger partial charge on any atom is 0.323 e. The number of nitrogens with zero attached hydrogens (tertiary/aromatic N) is 1. The predicted molar refractivity (Wildman–Crippen MR) is 79.8 cm³/mol. The van der Waals surface area contributed by atoms with Crippen LogP contribution in [0.4, 0.5) is 10.5 Å². The van der Waals surface area contributed by atoms with Gasteiger partial charge in [-0.25, -0.2) is 4.79 Å². The van der Waals surface area contributed by atoms with Crippen LogP contribution in [0.5, 0.6) is 0 Å². The zero-order chi connectivity index (χ0) is 14.7. The zero-order valence-corrected chi connectivity index (χ0v) is 12.8. The van der Waals surface area contributed by atoms with Crippen LogP contribution in [0.2, 0.25) is 0 Å². The van der Waals surface area contributed by atoms with Crippen LogP contribution in [0.25, 0.3) is 0 Å². The largest absolute Gasteiger partial charge is 0.480 e. The summed E-state index contributed by atoms with van der Waals surface area (Å²) < 4.78 is 0.785. The van der Waals surface area contributed by atoms with Crippen molar-refractivity contribution in [2.45, 2.75) is 19.8 Å². The summed E-state index contributed by atoms with van der Waals surface area (Å²) in [5.74, 6) is -0.551. The summed E-state index contributed by atoms with van der Waals surface area (Å²) in [4.78, 5) is 24.4. The molecule has 2 N–H and O–H groups in total. The number of anilines is 1. The molecular weight excluding hydrogens is 324 g/mol. The first-order chi connectivity index (χ1) is 9.45. The number of nitrogens with one attached hydrogen (secondary N) is 1. The lowest BCUT2D eigenvalue weighted by Crippen LogP contribution is -2.40. The number of aliphatic carboxylic acids is 1. The number of carboxylic acids is 1. The SMILES string of the molecule is Cc1ccc(NC(=O)N(CC(=O)O)CC2CC2)c(Br)c1. The maximum atomic E-state index is 12.2. The van der Waals surface area contributed by atoms with Gasteiger partial charge in [-0.05, 0) is 59.3 Å². The molecule has 1 aliphatic carbocycles. The summed E-state index contributed by atoms with van der Waals surface area (Å²) in [5, 5.41) is 11.6. The van der Waals surface area contributed by atoms with E-state index in [-0.39, 0.29) is 12.6 Å². The number of carboxylic acid groups (broad SMARTS) is 1. The average Bonchev–Trinajstić information content (AvgIpc) is 3.15. The van der Waals surface area contributed by atoms with E-state index in [9.17, 15) is 9.59 Å². The number of halogens is 1. The molecule has 2 rings (SSSR count). The molecule has 0 bridgehead atoms. The maximum absolute atomic E-state index is 12.2. The first kappa shape index (κ1) is 14.8. The highest BCUT2D eigenvalue weighted by molar-refractivity contribution is 9.10. The average molecular weight is 341 g/mol. The second-order valence-electron chi connectivity index (χ2n) is 5.13. The summed E-state index contributed by atoms with van der Waals surface area (Å²) >= 11 is 3.39. The van der Waals surface area contributed by atoms with Gasteiger partial charge in [0.2, 0.25) is 0 Å². The van der Waals surface area contributed by atoms with Gasteiger partial charge in [0.25, 0.3) is 0 Å². The smallest absolute Gasteiger partial charge is 0.323 e. The Bertz CT molecular complexity index is 529. The highest BCUT2D eigenvalue weighted by atomic mass is 79.9. The van der Waals surface area contributed by atoms with E-state index < -0.39 is 5.97 Å². The quantitative estimate of drug-likeness (QED) is 0.865. The number of carbonyl (C=O) groups is 2. The van der Waals surface area contributed by atoms with Crippen LogP contribution in [-0.2, 0) is 4.79 Å². The summed E-state index contributed by atoms with van der Waals surface area (Å²) in [6, 6.07) is 5.22. The molecule has 108 valence electrons. The van der Waals surface area contributed by atoms with Crippen molar-refractivity contribution in [3.63, 3.8) is 0 Å². The summed E-state index contributed by atoms with van der Waals surface area (Å²) in [7, 11) is 0. The van der Waals surface area contributed by atoms with Gasteiger partial charge in [-0.2, -0.15) is 0 Å². The van der Waals surface area contributed by atoms with Gasteiger partial charge in [0.15, 0.2) is 0 Å². The molecular formula is C14H17BrN2O3. The third-order valence-electron chi connectivity index (χ3n) is 3.16. The van der Waals surface area contributed by atoms with E-state index in [1.807, 2.05) is 19.1 Å². The molecule has 0 heterocycles. The lowest BCUT2D eigenvalue weighted by molar-refractivity contribution is -0.137. The van der Waals surface area contributed by atoms with Crippen LogP contribution in [0.3, 0.4) is 0 Å². The highest BCUT2D eigenvalue weighted by Gasteiger charge is 2.28. The Balaban J connectivity index is 2.04. The van der Waals surface area contributed by atoms with E-state index in [4.69, 9.17) is 5.11 Å². The minimum absolute atomic E-state index is 0.272. The molecule has 1 aromatic rings. The first-order valence-corrected chi connectivity index (χ1v) is 7.29. The monoisotopic (exact) mass is 340 g/mol.